The lowest BCUT2D eigenvalue weighted by Gasteiger charge is -2.33. The molecule has 11 heteroatoms. The minimum absolute atomic E-state index is 0.244. The molecule has 1 aromatic heterocycles. The molecule has 0 bridgehead atoms. The van der Waals surface area contributed by atoms with E-state index < -0.39 is 20.6 Å². The van der Waals surface area contributed by atoms with Crippen molar-refractivity contribution < 1.29 is 17.9 Å². The SMILES string of the molecule is CCCc1nc(CN2CCN(S(=O)(=O)c3ccccc3[N+](=O)[O-])CC2)no1. The molecule has 0 aliphatic carbocycles. The van der Waals surface area contributed by atoms with Gasteiger partial charge in [-0.05, 0) is 12.5 Å². The highest BCUT2D eigenvalue weighted by molar-refractivity contribution is 7.89. The molecule has 0 saturated carbocycles. The van der Waals surface area contributed by atoms with Crippen molar-refractivity contribution in [1.82, 2.24) is 19.3 Å². The molecule has 1 fully saturated rings. The normalized spacial score (nSPS) is 16.5. The first-order valence-corrected chi connectivity index (χ1v) is 10.1. The summed E-state index contributed by atoms with van der Waals surface area (Å²) in [5, 5.41) is 15.1. The molecule has 2 heterocycles. The molecule has 1 aliphatic rings. The van der Waals surface area contributed by atoms with Gasteiger partial charge in [-0.1, -0.05) is 24.2 Å². The van der Waals surface area contributed by atoms with Crippen molar-refractivity contribution in [3.63, 3.8) is 0 Å². The number of aryl methyl sites for hydroxylation is 1. The predicted molar refractivity (Wildman–Crippen MR) is 95.4 cm³/mol. The monoisotopic (exact) mass is 395 g/mol. The van der Waals surface area contributed by atoms with Gasteiger partial charge in [0, 0.05) is 38.7 Å². The third-order valence-corrected chi connectivity index (χ3v) is 6.30. The molecule has 0 unspecified atom stereocenters. The number of nitro benzene ring substituents is 1. The van der Waals surface area contributed by atoms with Crippen molar-refractivity contribution in [3.05, 3.63) is 46.1 Å². The maximum atomic E-state index is 12.8. The molecule has 0 amide bonds. The number of nitrogens with zero attached hydrogens (tertiary/aromatic N) is 5. The highest BCUT2D eigenvalue weighted by Gasteiger charge is 2.33. The fourth-order valence-electron chi connectivity index (χ4n) is 2.96. The first-order valence-electron chi connectivity index (χ1n) is 8.69. The largest absolute Gasteiger partial charge is 0.339 e. The maximum absolute atomic E-state index is 12.8. The van der Waals surface area contributed by atoms with E-state index in [9.17, 15) is 18.5 Å². The van der Waals surface area contributed by atoms with Crippen LogP contribution in [0.3, 0.4) is 0 Å². The summed E-state index contributed by atoms with van der Waals surface area (Å²) in [4.78, 5) is 16.5. The van der Waals surface area contributed by atoms with Crippen molar-refractivity contribution >= 4 is 15.7 Å². The maximum Gasteiger partial charge on any atom is 0.289 e. The summed E-state index contributed by atoms with van der Waals surface area (Å²) >= 11 is 0. The zero-order chi connectivity index (χ0) is 19.4. The van der Waals surface area contributed by atoms with E-state index in [0.717, 1.165) is 12.8 Å². The van der Waals surface area contributed by atoms with Gasteiger partial charge >= 0.3 is 0 Å². The van der Waals surface area contributed by atoms with E-state index in [1.54, 1.807) is 0 Å². The first-order chi connectivity index (χ1) is 12.9. The molecule has 3 rings (SSSR count). The van der Waals surface area contributed by atoms with E-state index in [2.05, 4.69) is 10.1 Å². The van der Waals surface area contributed by atoms with Crippen LogP contribution in [0.1, 0.15) is 25.1 Å². The molecule has 27 heavy (non-hydrogen) atoms. The van der Waals surface area contributed by atoms with Crippen molar-refractivity contribution in [3.8, 4) is 0 Å². The van der Waals surface area contributed by atoms with Crippen LogP contribution in [0.15, 0.2) is 33.7 Å². The Labute approximate surface area is 157 Å². The molecule has 0 atom stereocenters. The number of para-hydroxylation sites is 1. The Morgan fingerprint density at radius 1 is 1.22 bits per heavy atom. The van der Waals surface area contributed by atoms with Gasteiger partial charge in [-0.15, -0.1) is 0 Å². The number of piperazine rings is 1. The smallest absolute Gasteiger partial charge is 0.289 e. The number of sulfonamides is 1. The summed E-state index contributed by atoms with van der Waals surface area (Å²) in [7, 11) is -3.92. The standard InChI is InChI=1S/C16H21N5O5S/c1-2-5-16-17-15(18-26-16)12-19-8-10-20(11-9-19)27(24,25)14-7-4-3-6-13(14)21(22)23/h3-4,6-7H,2,5,8-12H2,1H3. The zero-order valence-corrected chi connectivity index (χ0v) is 15.8. The summed E-state index contributed by atoms with van der Waals surface area (Å²) in [6.07, 6.45) is 1.65. The topological polar surface area (TPSA) is 123 Å². The van der Waals surface area contributed by atoms with Gasteiger partial charge in [0.15, 0.2) is 10.7 Å². The Morgan fingerprint density at radius 3 is 2.59 bits per heavy atom. The summed E-state index contributed by atoms with van der Waals surface area (Å²) in [5.41, 5.74) is -0.407. The van der Waals surface area contributed by atoms with Crippen LogP contribution in [0.4, 0.5) is 5.69 Å². The summed E-state index contributed by atoms with van der Waals surface area (Å²) in [6, 6.07) is 5.41. The Balaban J connectivity index is 1.65. The third-order valence-electron chi connectivity index (χ3n) is 4.35. The van der Waals surface area contributed by atoms with E-state index in [1.807, 2.05) is 11.8 Å². The Bertz CT molecular complexity index is 905. The Kier molecular flexibility index (Phi) is 5.82. The second-order valence-corrected chi connectivity index (χ2v) is 8.17. The number of aromatic nitrogens is 2. The number of rotatable bonds is 7. The van der Waals surface area contributed by atoms with Gasteiger partial charge in [-0.25, -0.2) is 8.42 Å². The number of hydrogen-bond donors (Lipinski definition) is 0. The lowest BCUT2D eigenvalue weighted by molar-refractivity contribution is -0.387. The van der Waals surface area contributed by atoms with Crippen LogP contribution >= 0.6 is 0 Å². The highest BCUT2D eigenvalue weighted by Crippen LogP contribution is 2.27. The molecule has 1 saturated heterocycles. The van der Waals surface area contributed by atoms with Crippen molar-refractivity contribution in [2.45, 2.75) is 31.2 Å². The summed E-state index contributed by atoms with van der Waals surface area (Å²) in [6.45, 7) is 3.96. The predicted octanol–water partition coefficient (Wildman–Crippen LogP) is 1.44. The molecule has 1 aliphatic heterocycles. The molecule has 2 aromatic rings. The molecule has 10 nitrogen and oxygen atoms in total. The minimum atomic E-state index is -3.92. The molecule has 146 valence electrons. The van der Waals surface area contributed by atoms with Gasteiger partial charge < -0.3 is 4.52 Å². The molecule has 0 radical (unpaired) electrons. The van der Waals surface area contributed by atoms with Gasteiger partial charge in [0.2, 0.25) is 15.9 Å². The van der Waals surface area contributed by atoms with Crippen LogP contribution in [0.25, 0.3) is 0 Å². The summed E-state index contributed by atoms with van der Waals surface area (Å²) in [5.74, 6) is 1.18. The van der Waals surface area contributed by atoms with E-state index in [0.29, 0.717) is 31.3 Å². The minimum Gasteiger partial charge on any atom is -0.339 e. The number of hydrogen-bond acceptors (Lipinski definition) is 8. The van der Waals surface area contributed by atoms with E-state index >= 15 is 0 Å². The number of benzene rings is 1. The van der Waals surface area contributed by atoms with Crippen molar-refractivity contribution in [2.24, 2.45) is 0 Å². The third kappa shape index (κ3) is 4.31. The van der Waals surface area contributed by atoms with Gasteiger partial charge in [0.25, 0.3) is 5.69 Å². The van der Waals surface area contributed by atoms with Crippen LogP contribution in [-0.2, 0) is 23.0 Å². The molecule has 0 N–H and O–H groups in total. The van der Waals surface area contributed by atoms with Gasteiger partial charge in [-0.3, -0.25) is 15.0 Å². The van der Waals surface area contributed by atoms with Gasteiger partial charge in [0.1, 0.15) is 0 Å². The Morgan fingerprint density at radius 2 is 1.93 bits per heavy atom. The lowest BCUT2D eigenvalue weighted by atomic mass is 10.3. The molecule has 1 aromatic carbocycles. The molecular weight excluding hydrogens is 374 g/mol. The zero-order valence-electron chi connectivity index (χ0n) is 14.9. The van der Waals surface area contributed by atoms with Crippen molar-refractivity contribution in [2.75, 3.05) is 26.2 Å². The van der Waals surface area contributed by atoms with Crippen LogP contribution < -0.4 is 0 Å². The second-order valence-electron chi connectivity index (χ2n) is 6.26. The van der Waals surface area contributed by atoms with Crippen LogP contribution in [0, 0.1) is 10.1 Å². The average Bonchev–Trinajstić information content (AvgIpc) is 3.09. The first kappa shape index (κ1) is 19.4. The van der Waals surface area contributed by atoms with Crippen LogP contribution in [0.5, 0.6) is 0 Å². The van der Waals surface area contributed by atoms with Crippen molar-refractivity contribution in [1.29, 1.82) is 0 Å². The van der Waals surface area contributed by atoms with Gasteiger partial charge in [0.05, 0.1) is 11.5 Å². The highest BCUT2D eigenvalue weighted by atomic mass is 32.2. The van der Waals surface area contributed by atoms with E-state index in [4.69, 9.17) is 4.52 Å². The van der Waals surface area contributed by atoms with Gasteiger partial charge in [-0.2, -0.15) is 9.29 Å². The van der Waals surface area contributed by atoms with E-state index in [1.165, 1.54) is 28.6 Å². The summed E-state index contributed by atoms with van der Waals surface area (Å²) < 4.78 is 32.1. The Hall–Kier alpha value is -2.37. The number of nitro groups is 1. The fourth-order valence-corrected chi connectivity index (χ4v) is 4.54. The lowest BCUT2D eigenvalue weighted by Crippen LogP contribution is -2.48. The second kappa shape index (κ2) is 8.11. The quantitative estimate of drug-likeness (QED) is 0.510. The van der Waals surface area contributed by atoms with Crippen LogP contribution in [0.2, 0.25) is 0 Å². The average molecular weight is 395 g/mol. The van der Waals surface area contributed by atoms with E-state index in [-0.39, 0.29) is 18.0 Å². The molecule has 0 spiro atoms. The fraction of sp³-hybridized carbons (Fsp3) is 0.500. The molecular formula is C16H21N5O5S. The van der Waals surface area contributed by atoms with Crippen LogP contribution in [-0.4, -0.2) is 58.9 Å².